The van der Waals surface area contributed by atoms with Gasteiger partial charge in [0.1, 0.15) is 11.5 Å². The molecule has 0 atom stereocenters. The van der Waals surface area contributed by atoms with Crippen molar-refractivity contribution in [1.82, 2.24) is 10.4 Å². The summed E-state index contributed by atoms with van der Waals surface area (Å²) in [5.74, 6) is 0.922. The molecular formula is C14H15N3O3. The van der Waals surface area contributed by atoms with Crippen LogP contribution in [0.2, 0.25) is 0 Å². The topological polar surface area (TPSA) is 72.5 Å². The lowest BCUT2D eigenvalue weighted by Crippen LogP contribution is -2.29. The Hall–Kier alpha value is -2.76. The summed E-state index contributed by atoms with van der Waals surface area (Å²) in [5.41, 5.74) is 6.50. The average Bonchev–Trinajstić information content (AvgIpc) is 2.52. The van der Waals surface area contributed by atoms with Gasteiger partial charge in [-0.1, -0.05) is 6.07 Å². The standard InChI is InChI=1S/C14H15N3O3/c1-19-12-5-3-4-11(7-12)16-17-14(18)10-6-13(20-2)9-15-8-10/h3-9,16H,1-2H3,(H,17,18). The first-order valence-corrected chi connectivity index (χ1v) is 5.92. The van der Waals surface area contributed by atoms with Crippen molar-refractivity contribution in [2.24, 2.45) is 0 Å². The second-order valence-electron chi connectivity index (χ2n) is 3.92. The largest absolute Gasteiger partial charge is 0.497 e. The number of nitrogens with one attached hydrogen (secondary N) is 2. The molecule has 1 aromatic heterocycles. The fraction of sp³-hybridized carbons (Fsp3) is 0.143. The molecule has 1 amide bonds. The number of amides is 1. The van der Waals surface area contributed by atoms with Crippen molar-refractivity contribution in [3.05, 3.63) is 48.3 Å². The van der Waals surface area contributed by atoms with Gasteiger partial charge in [-0.25, -0.2) is 0 Å². The Balaban J connectivity index is 2.00. The van der Waals surface area contributed by atoms with E-state index >= 15 is 0 Å². The van der Waals surface area contributed by atoms with Gasteiger partial charge in [0.25, 0.3) is 5.91 Å². The van der Waals surface area contributed by atoms with Crippen molar-refractivity contribution in [2.75, 3.05) is 19.6 Å². The van der Waals surface area contributed by atoms with Crippen LogP contribution in [0, 0.1) is 0 Å². The summed E-state index contributed by atoms with van der Waals surface area (Å²) in [6.07, 6.45) is 3.00. The molecule has 6 nitrogen and oxygen atoms in total. The van der Waals surface area contributed by atoms with Gasteiger partial charge >= 0.3 is 0 Å². The molecule has 0 aliphatic rings. The fourth-order valence-corrected chi connectivity index (χ4v) is 1.56. The van der Waals surface area contributed by atoms with Gasteiger partial charge in [-0.15, -0.1) is 0 Å². The number of benzene rings is 1. The van der Waals surface area contributed by atoms with E-state index in [1.165, 1.54) is 19.5 Å². The first-order chi connectivity index (χ1) is 9.72. The van der Waals surface area contributed by atoms with Crippen LogP contribution in [0.1, 0.15) is 10.4 Å². The minimum absolute atomic E-state index is 0.306. The minimum atomic E-state index is -0.306. The van der Waals surface area contributed by atoms with Crippen LogP contribution in [0.25, 0.3) is 0 Å². The zero-order valence-corrected chi connectivity index (χ0v) is 11.2. The van der Waals surface area contributed by atoms with E-state index < -0.39 is 0 Å². The molecule has 2 rings (SSSR count). The predicted octanol–water partition coefficient (Wildman–Crippen LogP) is 1.86. The van der Waals surface area contributed by atoms with Gasteiger partial charge in [0.15, 0.2) is 0 Å². The highest BCUT2D eigenvalue weighted by Crippen LogP contribution is 2.16. The number of methoxy groups -OCH3 is 2. The number of carbonyl (C=O) groups is 1. The second-order valence-corrected chi connectivity index (χ2v) is 3.92. The molecule has 1 aromatic carbocycles. The van der Waals surface area contributed by atoms with Gasteiger partial charge in [-0.05, 0) is 18.2 Å². The van der Waals surface area contributed by atoms with Crippen LogP contribution >= 0.6 is 0 Å². The monoisotopic (exact) mass is 273 g/mol. The maximum absolute atomic E-state index is 11.9. The Morgan fingerprint density at radius 1 is 1.10 bits per heavy atom. The summed E-state index contributed by atoms with van der Waals surface area (Å²) >= 11 is 0. The van der Waals surface area contributed by atoms with Gasteiger partial charge in [0.05, 0.1) is 31.7 Å². The zero-order valence-electron chi connectivity index (χ0n) is 11.2. The Labute approximate surface area is 116 Å². The van der Waals surface area contributed by atoms with Gasteiger partial charge in [-0.2, -0.15) is 0 Å². The number of hydrazine groups is 1. The molecule has 6 heteroatoms. The highest BCUT2D eigenvalue weighted by atomic mass is 16.5. The van der Waals surface area contributed by atoms with E-state index in [2.05, 4.69) is 15.8 Å². The van der Waals surface area contributed by atoms with Gasteiger partial charge in [-0.3, -0.25) is 20.6 Å². The van der Waals surface area contributed by atoms with Crippen molar-refractivity contribution in [2.45, 2.75) is 0 Å². The molecule has 104 valence electrons. The quantitative estimate of drug-likeness (QED) is 0.813. The molecule has 2 N–H and O–H groups in total. The van der Waals surface area contributed by atoms with E-state index in [0.29, 0.717) is 22.7 Å². The second kappa shape index (κ2) is 6.42. The van der Waals surface area contributed by atoms with Crippen molar-refractivity contribution < 1.29 is 14.3 Å². The highest BCUT2D eigenvalue weighted by Gasteiger charge is 2.07. The van der Waals surface area contributed by atoms with Crippen molar-refractivity contribution >= 4 is 11.6 Å². The fourth-order valence-electron chi connectivity index (χ4n) is 1.56. The van der Waals surface area contributed by atoms with E-state index in [1.807, 2.05) is 18.2 Å². The number of ether oxygens (including phenoxy) is 2. The number of hydrogen-bond donors (Lipinski definition) is 2. The summed E-state index contributed by atoms with van der Waals surface area (Å²) < 4.78 is 10.1. The van der Waals surface area contributed by atoms with Crippen LogP contribution < -0.4 is 20.3 Å². The van der Waals surface area contributed by atoms with Crippen LogP contribution in [0.5, 0.6) is 11.5 Å². The Bertz CT molecular complexity index is 602. The van der Waals surface area contributed by atoms with E-state index in [4.69, 9.17) is 9.47 Å². The van der Waals surface area contributed by atoms with E-state index in [1.54, 1.807) is 19.2 Å². The number of anilines is 1. The number of hydrogen-bond acceptors (Lipinski definition) is 5. The smallest absolute Gasteiger partial charge is 0.271 e. The third kappa shape index (κ3) is 3.38. The van der Waals surface area contributed by atoms with Crippen molar-refractivity contribution in [3.8, 4) is 11.5 Å². The lowest BCUT2D eigenvalue weighted by molar-refractivity contribution is 0.0962. The summed E-state index contributed by atoms with van der Waals surface area (Å²) in [6.45, 7) is 0. The SMILES string of the molecule is COc1cccc(NNC(=O)c2cncc(OC)c2)c1. The molecule has 0 aliphatic heterocycles. The van der Waals surface area contributed by atoms with Crippen LogP contribution in [0.3, 0.4) is 0 Å². The molecule has 0 saturated heterocycles. The van der Waals surface area contributed by atoms with Crippen LogP contribution in [-0.2, 0) is 0 Å². The van der Waals surface area contributed by atoms with E-state index in [-0.39, 0.29) is 5.91 Å². The molecule has 0 aliphatic carbocycles. The Kier molecular flexibility index (Phi) is 4.39. The summed E-state index contributed by atoms with van der Waals surface area (Å²) in [5, 5.41) is 0. The molecule has 0 unspecified atom stereocenters. The Morgan fingerprint density at radius 2 is 1.90 bits per heavy atom. The van der Waals surface area contributed by atoms with E-state index in [9.17, 15) is 4.79 Å². The summed E-state index contributed by atoms with van der Waals surface area (Å²) in [6, 6.07) is 8.83. The van der Waals surface area contributed by atoms with Crippen LogP contribution in [-0.4, -0.2) is 25.1 Å². The highest BCUT2D eigenvalue weighted by molar-refractivity contribution is 5.94. The Morgan fingerprint density at radius 3 is 2.65 bits per heavy atom. The molecular weight excluding hydrogens is 258 g/mol. The van der Waals surface area contributed by atoms with Gasteiger partial charge in [0.2, 0.25) is 0 Å². The van der Waals surface area contributed by atoms with E-state index in [0.717, 1.165) is 0 Å². The number of carbonyl (C=O) groups excluding carboxylic acids is 1. The molecule has 0 saturated carbocycles. The predicted molar refractivity (Wildman–Crippen MR) is 74.9 cm³/mol. The summed E-state index contributed by atoms with van der Waals surface area (Å²) in [7, 11) is 3.10. The van der Waals surface area contributed by atoms with Crippen molar-refractivity contribution in [1.29, 1.82) is 0 Å². The lowest BCUT2D eigenvalue weighted by Gasteiger charge is -2.10. The molecule has 20 heavy (non-hydrogen) atoms. The molecule has 0 radical (unpaired) electrons. The lowest BCUT2D eigenvalue weighted by atomic mass is 10.2. The first kappa shape index (κ1) is 13.7. The van der Waals surface area contributed by atoms with Crippen LogP contribution in [0.4, 0.5) is 5.69 Å². The van der Waals surface area contributed by atoms with Crippen LogP contribution in [0.15, 0.2) is 42.7 Å². The third-order valence-electron chi connectivity index (χ3n) is 2.60. The third-order valence-corrected chi connectivity index (χ3v) is 2.60. The average molecular weight is 273 g/mol. The molecule has 2 aromatic rings. The normalized spacial score (nSPS) is 9.70. The number of nitrogens with zero attached hydrogens (tertiary/aromatic N) is 1. The number of rotatable bonds is 5. The maximum Gasteiger partial charge on any atom is 0.271 e. The number of aromatic nitrogens is 1. The minimum Gasteiger partial charge on any atom is -0.497 e. The van der Waals surface area contributed by atoms with Gasteiger partial charge in [0, 0.05) is 12.3 Å². The van der Waals surface area contributed by atoms with Gasteiger partial charge < -0.3 is 9.47 Å². The zero-order chi connectivity index (χ0) is 14.4. The molecule has 0 fully saturated rings. The molecule has 0 spiro atoms. The molecule has 0 bridgehead atoms. The summed E-state index contributed by atoms with van der Waals surface area (Å²) in [4.78, 5) is 15.9. The van der Waals surface area contributed by atoms with Crippen molar-refractivity contribution in [3.63, 3.8) is 0 Å². The number of pyridine rings is 1. The molecule has 1 heterocycles. The maximum atomic E-state index is 11.9. The first-order valence-electron chi connectivity index (χ1n) is 5.92.